The second-order valence-electron chi connectivity index (χ2n) is 7.47. The lowest BCUT2D eigenvalue weighted by Crippen LogP contribution is -2.30. The summed E-state index contributed by atoms with van der Waals surface area (Å²) in [5.41, 5.74) is -0.299. The first-order chi connectivity index (χ1) is 15.5. The Morgan fingerprint density at radius 3 is 2.24 bits per heavy atom. The normalized spacial score (nSPS) is 12.4. The maximum atomic E-state index is 13.1. The van der Waals surface area contributed by atoms with Gasteiger partial charge in [0.1, 0.15) is 11.3 Å². The highest BCUT2D eigenvalue weighted by Crippen LogP contribution is 2.32. The molecule has 0 atom stereocenters. The number of ether oxygens (including phenoxy) is 1. The van der Waals surface area contributed by atoms with Crippen molar-refractivity contribution in [1.82, 2.24) is 4.31 Å². The van der Waals surface area contributed by atoms with Gasteiger partial charge in [-0.15, -0.1) is 0 Å². The highest BCUT2D eigenvalue weighted by Gasteiger charge is 2.25. The first-order valence-electron chi connectivity index (χ1n) is 10.4. The molecule has 0 amide bonds. The summed E-state index contributed by atoms with van der Waals surface area (Å²) >= 11 is 0. The minimum absolute atomic E-state index is 0.00313. The number of fused-ring (bicyclic) bond motifs is 1. The SMILES string of the molecule is CCN(CC)S(=O)(=O)c1ccc(OC(C)C)c(NS(=O)(=O)c2ccc3oc(=O)ccc3c2)c1. The van der Waals surface area contributed by atoms with Gasteiger partial charge in [0, 0.05) is 24.5 Å². The van der Waals surface area contributed by atoms with Crippen LogP contribution in [0.25, 0.3) is 11.0 Å². The lowest BCUT2D eigenvalue weighted by molar-refractivity contribution is 0.243. The fourth-order valence-corrected chi connectivity index (χ4v) is 5.82. The minimum Gasteiger partial charge on any atom is -0.489 e. The second kappa shape index (κ2) is 9.54. The number of rotatable bonds is 9. The van der Waals surface area contributed by atoms with Crippen LogP contribution in [0.4, 0.5) is 5.69 Å². The topological polar surface area (TPSA) is 123 Å². The summed E-state index contributed by atoms with van der Waals surface area (Å²) in [6.07, 6.45) is -0.276. The Labute approximate surface area is 193 Å². The smallest absolute Gasteiger partial charge is 0.336 e. The molecule has 0 bridgehead atoms. The Morgan fingerprint density at radius 2 is 1.61 bits per heavy atom. The van der Waals surface area contributed by atoms with Gasteiger partial charge in [-0.05, 0) is 56.3 Å². The molecule has 1 aromatic heterocycles. The van der Waals surface area contributed by atoms with Gasteiger partial charge in [0.05, 0.1) is 21.6 Å². The first kappa shape index (κ1) is 24.7. The third-order valence-corrected chi connectivity index (χ3v) is 8.21. The van der Waals surface area contributed by atoms with Crippen LogP contribution in [0.15, 0.2) is 67.5 Å². The number of anilines is 1. The van der Waals surface area contributed by atoms with Gasteiger partial charge in [0.25, 0.3) is 10.0 Å². The molecule has 1 N–H and O–H groups in total. The molecule has 0 aliphatic heterocycles. The van der Waals surface area contributed by atoms with Crippen LogP contribution in [0.2, 0.25) is 0 Å². The average molecular weight is 495 g/mol. The number of sulfonamides is 2. The van der Waals surface area contributed by atoms with Gasteiger partial charge in [0.15, 0.2) is 0 Å². The number of hydrogen-bond acceptors (Lipinski definition) is 7. The van der Waals surface area contributed by atoms with E-state index < -0.39 is 25.7 Å². The molecule has 0 radical (unpaired) electrons. The van der Waals surface area contributed by atoms with Crippen molar-refractivity contribution in [2.24, 2.45) is 0 Å². The first-order valence-corrected chi connectivity index (χ1v) is 13.3. The molecule has 0 saturated carbocycles. The van der Waals surface area contributed by atoms with Crippen molar-refractivity contribution >= 4 is 36.7 Å². The van der Waals surface area contributed by atoms with Crippen LogP contribution in [-0.4, -0.2) is 40.3 Å². The highest BCUT2D eigenvalue weighted by molar-refractivity contribution is 7.92. The second-order valence-corrected chi connectivity index (χ2v) is 11.1. The zero-order valence-corrected chi connectivity index (χ0v) is 20.4. The molecule has 0 fully saturated rings. The van der Waals surface area contributed by atoms with Crippen molar-refractivity contribution in [3.8, 4) is 5.75 Å². The Morgan fingerprint density at radius 1 is 0.939 bits per heavy atom. The van der Waals surface area contributed by atoms with Gasteiger partial charge in [0.2, 0.25) is 10.0 Å². The molecule has 3 rings (SSSR count). The number of hydrogen-bond donors (Lipinski definition) is 1. The molecule has 0 aliphatic rings. The average Bonchev–Trinajstić information content (AvgIpc) is 2.74. The van der Waals surface area contributed by atoms with Gasteiger partial charge >= 0.3 is 5.63 Å². The van der Waals surface area contributed by atoms with E-state index in [2.05, 4.69) is 4.72 Å². The van der Waals surface area contributed by atoms with E-state index in [-0.39, 0.29) is 46.0 Å². The summed E-state index contributed by atoms with van der Waals surface area (Å²) in [7, 11) is -7.95. The lowest BCUT2D eigenvalue weighted by atomic mass is 10.2. The van der Waals surface area contributed by atoms with Crippen molar-refractivity contribution in [3.05, 3.63) is 59.0 Å². The standard InChI is InChI=1S/C22H26N2O7S2/c1-5-24(6-2)33(28,29)18-9-11-21(30-15(3)4)19(14-18)23-32(26,27)17-8-10-20-16(13-17)7-12-22(25)31-20/h7-15,23H,5-6H2,1-4H3. The minimum atomic E-state index is -4.13. The predicted octanol–water partition coefficient (Wildman–Crippen LogP) is 3.41. The molecule has 9 nitrogen and oxygen atoms in total. The van der Waals surface area contributed by atoms with E-state index in [0.717, 1.165) is 0 Å². The molecule has 3 aromatic rings. The van der Waals surface area contributed by atoms with Crippen LogP contribution in [0.1, 0.15) is 27.7 Å². The molecule has 0 unspecified atom stereocenters. The number of nitrogens with one attached hydrogen (secondary N) is 1. The van der Waals surface area contributed by atoms with Gasteiger partial charge in [-0.2, -0.15) is 4.31 Å². The molecule has 33 heavy (non-hydrogen) atoms. The Hall–Kier alpha value is -2.89. The van der Waals surface area contributed by atoms with E-state index in [0.29, 0.717) is 5.39 Å². The van der Waals surface area contributed by atoms with Gasteiger partial charge < -0.3 is 9.15 Å². The lowest BCUT2D eigenvalue weighted by Gasteiger charge is -2.21. The van der Waals surface area contributed by atoms with Crippen LogP contribution in [0.5, 0.6) is 5.75 Å². The molecule has 11 heteroatoms. The quantitative estimate of drug-likeness (QED) is 0.452. The molecule has 1 heterocycles. The van der Waals surface area contributed by atoms with E-state index >= 15 is 0 Å². The van der Waals surface area contributed by atoms with Crippen molar-refractivity contribution in [2.75, 3.05) is 17.8 Å². The molecule has 0 aliphatic carbocycles. The van der Waals surface area contributed by atoms with Crippen LogP contribution < -0.4 is 15.1 Å². The summed E-state index contributed by atoms with van der Waals surface area (Å²) in [6.45, 7) is 7.55. The molecule has 0 spiro atoms. The van der Waals surface area contributed by atoms with Crippen molar-refractivity contribution in [1.29, 1.82) is 0 Å². The fraction of sp³-hybridized carbons (Fsp3) is 0.318. The van der Waals surface area contributed by atoms with E-state index in [9.17, 15) is 21.6 Å². The number of nitrogens with zero attached hydrogens (tertiary/aromatic N) is 1. The monoisotopic (exact) mass is 494 g/mol. The largest absolute Gasteiger partial charge is 0.489 e. The van der Waals surface area contributed by atoms with Crippen LogP contribution in [-0.2, 0) is 20.0 Å². The number of benzene rings is 2. The van der Waals surface area contributed by atoms with Crippen LogP contribution >= 0.6 is 0 Å². The Balaban J connectivity index is 2.07. The van der Waals surface area contributed by atoms with Crippen molar-refractivity contribution < 1.29 is 26.0 Å². The molecule has 0 saturated heterocycles. The molecular weight excluding hydrogens is 468 g/mol. The van der Waals surface area contributed by atoms with Gasteiger partial charge in [-0.25, -0.2) is 21.6 Å². The third-order valence-electron chi connectivity index (χ3n) is 4.80. The summed E-state index contributed by atoms with van der Waals surface area (Å²) in [5, 5.41) is 0.425. The Kier molecular flexibility index (Phi) is 7.15. The third kappa shape index (κ3) is 5.37. The summed E-state index contributed by atoms with van der Waals surface area (Å²) in [6, 6.07) is 10.8. The zero-order valence-electron chi connectivity index (χ0n) is 18.7. The maximum absolute atomic E-state index is 13.1. The molecule has 2 aromatic carbocycles. The van der Waals surface area contributed by atoms with Crippen LogP contribution in [0.3, 0.4) is 0 Å². The summed E-state index contributed by atoms with van der Waals surface area (Å²) in [5.74, 6) is 0.193. The molecular formula is C22H26N2O7S2. The zero-order chi connectivity index (χ0) is 24.4. The van der Waals surface area contributed by atoms with Gasteiger partial charge in [-0.3, -0.25) is 4.72 Å². The van der Waals surface area contributed by atoms with Crippen LogP contribution in [0, 0.1) is 0 Å². The Bertz CT molecular complexity index is 1420. The predicted molar refractivity (Wildman–Crippen MR) is 126 cm³/mol. The highest BCUT2D eigenvalue weighted by atomic mass is 32.2. The van der Waals surface area contributed by atoms with Crippen molar-refractivity contribution in [3.63, 3.8) is 0 Å². The maximum Gasteiger partial charge on any atom is 0.336 e. The van der Waals surface area contributed by atoms with Gasteiger partial charge in [-0.1, -0.05) is 13.8 Å². The van der Waals surface area contributed by atoms with E-state index in [1.54, 1.807) is 27.7 Å². The van der Waals surface area contributed by atoms with E-state index in [4.69, 9.17) is 9.15 Å². The summed E-state index contributed by atoms with van der Waals surface area (Å²) < 4.78 is 66.7. The molecule has 178 valence electrons. The fourth-order valence-electron chi connectivity index (χ4n) is 3.24. The van der Waals surface area contributed by atoms with Crippen molar-refractivity contribution in [2.45, 2.75) is 43.6 Å². The van der Waals surface area contributed by atoms with E-state index in [1.165, 1.54) is 52.8 Å². The van der Waals surface area contributed by atoms with E-state index in [1.807, 2.05) is 0 Å². The summed E-state index contributed by atoms with van der Waals surface area (Å²) in [4.78, 5) is 11.2.